The minimum absolute atomic E-state index is 0.00424. The number of hydrogen-bond acceptors (Lipinski definition) is 8. The van der Waals surface area contributed by atoms with Gasteiger partial charge in [0, 0.05) is 19.3 Å². The van der Waals surface area contributed by atoms with E-state index < -0.39 is 12.6 Å². The number of rotatable bonds is 9. The van der Waals surface area contributed by atoms with Crippen LogP contribution in [0.25, 0.3) is 0 Å². The number of carboxylic acids is 1. The molecule has 0 saturated heterocycles. The van der Waals surface area contributed by atoms with Crippen LogP contribution >= 0.6 is 0 Å². The van der Waals surface area contributed by atoms with Gasteiger partial charge in [0.05, 0.1) is 35.2 Å². The van der Waals surface area contributed by atoms with E-state index >= 15 is 0 Å². The Labute approximate surface area is 199 Å². The molecule has 1 aliphatic rings. The third-order valence-electron chi connectivity index (χ3n) is 5.48. The smallest absolute Gasteiger partial charge is 0.335 e. The lowest BCUT2D eigenvalue weighted by atomic mass is 10.1. The van der Waals surface area contributed by atoms with Gasteiger partial charge < -0.3 is 25.4 Å². The minimum atomic E-state index is -1.10. The van der Waals surface area contributed by atoms with Crippen LogP contribution in [0.15, 0.2) is 42.6 Å². The Kier molecular flexibility index (Phi) is 6.58. The molecule has 11 heteroatoms. The number of alkyl halides is 1. The summed E-state index contributed by atoms with van der Waals surface area (Å²) in [6.45, 7) is 1.02. The van der Waals surface area contributed by atoms with Gasteiger partial charge in [-0.15, -0.1) is 0 Å². The molecule has 10 nitrogen and oxygen atoms in total. The number of halogens is 1. The van der Waals surface area contributed by atoms with E-state index in [9.17, 15) is 23.9 Å². The van der Waals surface area contributed by atoms with Gasteiger partial charge in [0.2, 0.25) is 5.95 Å². The fourth-order valence-electron chi connectivity index (χ4n) is 3.78. The van der Waals surface area contributed by atoms with E-state index in [2.05, 4.69) is 20.6 Å². The van der Waals surface area contributed by atoms with Crippen LogP contribution < -0.4 is 15.4 Å². The number of hydrogen-bond donors (Lipinski definition) is 3. The highest BCUT2D eigenvalue weighted by molar-refractivity contribution is 6.05. The summed E-state index contributed by atoms with van der Waals surface area (Å²) in [6, 6.07) is 9.51. The van der Waals surface area contributed by atoms with Crippen LogP contribution in [0, 0.1) is 0 Å². The molecule has 3 N–H and O–H groups in total. The maximum Gasteiger partial charge on any atom is 0.335 e. The summed E-state index contributed by atoms with van der Waals surface area (Å²) in [4.78, 5) is 46.3. The molecule has 180 valence electrons. The van der Waals surface area contributed by atoms with Crippen molar-refractivity contribution >= 4 is 40.8 Å². The van der Waals surface area contributed by atoms with Crippen LogP contribution in [-0.4, -0.2) is 58.0 Å². The van der Waals surface area contributed by atoms with Crippen LogP contribution in [0.3, 0.4) is 0 Å². The summed E-state index contributed by atoms with van der Waals surface area (Å²) in [5, 5.41) is 15.2. The van der Waals surface area contributed by atoms with Gasteiger partial charge in [0.15, 0.2) is 5.78 Å². The average Bonchev–Trinajstić information content (AvgIpc) is 3.15. The van der Waals surface area contributed by atoms with Crippen molar-refractivity contribution in [1.29, 1.82) is 0 Å². The van der Waals surface area contributed by atoms with Gasteiger partial charge in [-0.25, -0.2) is 14.2 Å². The summed E-state index contributed by atoms with van der Waals surface area (Å²) in [6.07, 6.45) is 1.35. The van der Waals surface area contributed by atoms with Crippen LogP contribution in [0.1, 0.15) is 43.6 Å². The molecule has 1 aromatic heterocycles. The lowest BCUT2D eigenvalue weighted by Crippen LogP contribution is -2.26. The first-order chi connectivity index (χ1) is 16.8. The third-order valence-corrected chi connectivity index (χ3v) is 5.48. The molecule has 0 atom stereocenters. The number of carboxylic acid groups (broad SMARTS) is 1. The number of amides is 1. The maximum absolute atomic E-state index is 12.9. The van der Waals surface area contributed by atoms with Crippen molar-refractivity contribution in [3.8, 4) is 5.75 Å². The zero-order chi connectivity index (χ0) is 25.1. The van der Waals surface area contributed by atoms with Crippen LogP contribution in [0.5, 0.6) is 5.75 Å². The molecule has 35 heavy (non-hydrogen) atoms. The third kappa shape index (κ3) is 4.74. The fraction of sp³-hybridized carbons (Fsp3) is 0.208. The Morgan fingerprint density at radius 2 is 2.00 bits per heavy atom. The highest BCUT2D eigenvalue weighted by atomic mass is 19.1. The molecule has 3 aromatic rings. The van der Waals surface area contributed by atoms with Gasteiger partial charge in [0.25, 0.3) is 5.91 Å². The fourth-order valence-corrected chi connectivity index (χ4v) is 3.78. The number of nitrogens with zero attached hydrogens (tertiary/aromatic N) is 3. The van der Waals surface area contributed by atoms with E-state index in [0.29, 0.717) is 23.5 Å². The van der Waals surface area contributed by atoms with Gasteiger partial charge in [-0.2, -0.15) is 4.98 Å². The summed E-state index contributed by atoms with van der Waals surface area (Å²) >= 11 is 0. The number of ether oxygens (including phenoxy) is 1. The van der Waals surface area contributed by atoms with Crippen LogP contribution in [-0.2, 0) is 6.54 Å². The Morgan fingerprint density at radius 3 is 2.69 bits per heavy atom. The average molecular weight is 479 g/mol. The molecular formula is C24H22FN5O5. The molecular weight excluding hydrogens is 457 g/mol. The van der Waals surface area contributed by atoms with E-state index in [4.69, 9.17) is 4.74 Å². The van der Waals surface area contributed by atoms with Crippen molar-refractivity contribution in [2.45, 2.75) is 13.5 Å². The number of anilines is 4. The molecule has 2 heterocycles. The molecule has 2 aromatic carbocycles. The minimum Gasteiger partial charge on any atom is -0.495 e. The monoisotopic (exact) mass is 479 g/mol. The molecule has 1 amide bonds. The molecule has 0 saturated carbocycles. The maximum atomic E-state index is 12.9. The topological polar surface area (TPSA) is 134 Å². The van der Waals surface area contributed by atoms with Crippen molar-refractivity contribution in [2.24, 2.45) is 0 Å². The van der Waals surface area contributed by atoms with E-state index in [1.165, 1.54) is 43.3 Å². The largest absolute Gasteiger partial charge is 0.495 e. The second-order valence-electron chi connectivity index (χ2n) is 7.74. The Hall–Kier alpha value is -4.54. The first-order valence-electron chi connectivity index (χ1n) is 10.6. The quantitative estimate of drug-likeness (QED) is 0.392. The number of methoxy groups -OCH3 is 1. The molecule has 0 radical (unpaired) electrons. The number of carbonyl (C=O) groups excluding carboxylic acids is 2. The number of aromatic nitrogens is 2. The number of carbonyl (C=O) groups is 3. The zero-order valence-electron chi connectivity index (χ0n) is 19.0. The number of benzene rings is 2. The molecule has 0 aliphatic carbocycles. The SMILES string of the molecule is COc1cc(C(=O)O)ccc1Nc1ncc(C(C)=O)c(Nc2cccc3c2C(=O)N(CCF)C3)n1. The van der Waals surface area contributed by atoms with Crippen LogP contribution in [0.4, 0.5) is 27.5 Å². The van der Waals surface area contributed by atoms with Crippen molar-refractivity contribution in [2.75, 3.05) is 31.0 Å². The number of ketones is 1. The standard InChI is InChI=1S/C24H22FN5O5/c1-13(31)16-11-26-24(28-17-7-6-14(23(33)34)10-19(17)35-2)29-21(16)27-18-5-3-4-15-12-30(9-8-25)22(32)20(15)18/h3-7,10-11H,8-9,12H2,1-2H3,(H,33,34)(H2,26,27,28,29). The number of fused-ring (bicyclic) bond motifs is 1. The van der Waals surface area contributed by atoms with Crippen LogP contribution in [0.2, 0.25) is 0 Å². The van der Waals surface area contributed by atoms with Crippen molar-refractivity contribution in [3.05, 3.63) is 64.8 Å². The van der Waals surface area contributed by atoms with Crippen molar-refractivity contribution < 1.29 is 28.6 Å². The lowest BCUT2D eigenvalue weighted by Gasteiger charge is -2.15. The second-order valence-corrected chi connectivity index (χ2v) is 7.74. The van der Waals surface area contributed by atoms with Gasteiger partial charge >= 0.3 is 5.97 Å². The molecule has 0 spiro atoms. The first-order valence-corrected chi connectivity index (χ1v) is 10.6. The number of Topliss-reactive ketones (excluding diaryl/α,β-unsaturated/α-hetero) is 1. The number of nitrogens with one attached hydrogen (secondary N) is 2. The van der Waals surface area contributed by atoms with Gasteiger partial charge in [0.1, 0.15) is 18.2 Å². The summed E-state index contributed by atoms with van der Waals surface area (Å²) < 4.78 is 18.1. The van der Waals surface area contributed by atoms with E-state index in [-0.39, 0.29) is 46.9 Å². The highest BCUT2D eigenvalue weighted by Crippen LogP contribution is 2.33. The Balaban J connectivity index is 1.68. The number of aromatic carboxylic acids is 1. The highest BCUT2D eigenvalue weighted by Gasteiger charge is 2.30. The Morgan fingerprint density at radius 1 is 1.20 bits per heavy atom. The Bertz CT molecular complexity index is 1330. The molecule has 0 unspecified atom stereocenters. The molecule has 1 aliphatic heterocycles. The molecule has 0 fully saturated rings. The lowest BCUT2D eigenvalue weighted by molar-refractivity contribution is 0.0695. The second kappa shape index (κ2) is 9.75. The summed E-state index contributed by atoms with van der Waals surface area (Å²) in [5.41, 5.74) is 2.24. The zero-order valence-corrected chi connectivity index (χ0v) is 19.0. The first kappa shape index (κ1) is 23.6. The van der Waals surface area contributed by atoms with Gasteiger partial charge in [-0.05, 0) is 36.8 Å². The molecule has 0 bridgehead atoms. The van der Waals surface area contributed by atoms with E-state index in [1.807, 2.05) is 0 Å². The van der Waals surface area contributed by atoms with Gasteiger partial charge in [-0.3, -0.25) is 9.59 Å². The van der Waals surface area contributed by atoms with E-state index in [0.717, 1.165) is 5.56 Å². The summed E-state index contributed by atoms with van der Waals surface area (Å²) in [7, 11) is 1.40. The van der Waals surface area contributed by atoms with E-state index in [1.54, 1.807) is 18.2 Å². The summed E-state index contributed by atoms with van der Waals surface area (Å²) in [5.74, 6) is -1.16. The predicted molar refractivity (Wildman–Crippen MR) is 126 cm³/mol. The normalized spacial score (nSPS) is 12.3. The predicted octanol–water partition coefficient (Wildman–Crippen LogP) is 3.80. The van der Waals surface area contributed by atoms with Crippen molar-refractivity contribution in [3.63, 3.8) is 0 Å². The van der Waals surface area contributed by atoms with Crippen molar-refractivity contribution in [1.82, 2.24) is 14.9 Å². The molecule has 4 rings (SSSR count). The van der Waals surface area contributed by atoms with Gasteiger partial charge in [-0.1, -0.05) is 12.1 Å².